The topological polar surface area (TPSA) is 0 Å². The van der Waals surface area contributed by atoms with Gasteiger partial charge in [-0.1, -0.05) is 0 Å². The van der Waals surface area contributed by atoms with Gasteiger partial charge >= 0.3 is 0 Å². The summed E-state index contributed by atoms with van der Waals surface area (Å²) in [6.45, 7) is 6.85. The second-order valence-corrected chi connectivity index (χ2v) is 0.664. The molecular formula is C5H7Zr-. The van der Waals surface area contributed by atoms with E-state index in [0.717, 1.165) is 0 Å². The minimum absolute atomic E-state index is 0. The average molecular weight is 158 g/mol. The van der Waals surface area contributed by atoms with Crippen molar-refractivity contribution in [2.75, 3.05) is 0 Å². The number of allylic oxidation sites excluding steroid dienone is 3. The summed E-state index contributed by atoms with van der Waals surface area (Å²) in [7, 11) is 0. The summed E-state index contributed by atoms with van der Waals surface area (Å²) >= 11 is 0. The molecule has 0 unspecified atom stereocenters. The molecule has 0 atom stereocenters. The summed E-state index contributed by atoms with van der Waals surface area (Å²) in [6.07, 6.45) is 5.15. The molecule has 0 heterocycles. The standard InChI is InChI=1S/C5H7.Zr/c1-3-5-4-2;/h3-5H,1-2H2;/q-1;. The minimum Gasteiger partial charge on any atom is -0.245 e. The van der Waals surface area contributed by atoms with Gasteiger partial charge in [-0.3, -0.25) is 0 Å². The van der Waals surface area contributed by atoms with Crippen molar-refractivity contribution in [2.45, 2.75) is 0 Å². The van der Waals surface area contributed by atoms with Gasteiger partial charge in [-0.05, 0) is 0 Å². The van der Waals surface area contributed by atoms with Crippen LogP contribution in [-0.4, -0.2) is 0 Å². The molecule has 32 valence electrons. The first-order valence-corrected chi connectivity index (χ1v) is 1.48. The van der Waals surface area contributed by atoms with Crippen LogP contribution in [0.1, 0.15) is 0 Å². The predicted molar refractivity (Wildman–Crippen MR) is 24.7 cm³/mol. The maximum Gasteiger partial charge on any atom is 0 e. The molecule has 0 rings (SSSR count). The van der Waals surface area contributed by atoms with Gasteiger partial charge in [-0.25, -0.2) is 19.1 Å². The molecule has 6 heavy (non-hydrogen) atoms. The van der Waals surface area contributed by atoms with Gasteiger partial charge in [0.1, 0.15) is 0 Å². The summed E-state index contributed by atoms with van der Waals surface area (Å²) in [5.74, 6) is 0. The Kier molecular flexibility index (Phi) is 14.2. The SMILES string of the molecule is C=CC=C[CH2-].[Zr]. The van der Waals surface area contributed by atoms with Gasteiger partial charge in [0.15, 0.2) is 0 Å². The zero-order valence-corrected chi connectivity index (χ0v) is 6.10. The van der Waals surface area contributed by atoms with Crippen molar-refractivity contribution >= 4 is 0 Å². The Morgan fingerprint density at radius 3 is 2.00 bits per heavy atom. The Morgan fingerprint density at radius 1 is 1.50 bits per heavy atom. The molecule has 0 aromatic heterocycles. The predicted octanol–water partition coefficient (Wildman–Crippen LogP) is 1.56. The van der Waals surface area contributed by atoms with Crippen LogP contribution in [0.5, 0.6) is 0 Å². The van der Waals surface area contributed by atoms with E-state index in [2.05, 4.69) is 13.5 Å². The van der Waals surface area contributed by atoms with Gasteiger partial charge in [-0.2, -0.15) is 6.08 Å². The molecule has 0 spiro atoms. The maximum absolute atomic E-state index is 3.42. The fourth-order valence-electron chi connectivity index (χ4n) is 0.0962. The smallest absolute Gasteiger partial charge is 0 e. The monoisotopic (exact) mass is 157 g/mol. The molecule has 0 radical (unpaired) electrons. The van der Waals surface area contributed by atoms with Crippen molar-refractivity contribution in [2.24, 2.45) is 0 Å². The fraction of sp³-hybridized carbons (Fsp3) is 0. The van der Waals surface area contributed by atoms with Crippen LogP contribution in [0.25, 0.3) is 0 Å². The zero-order chi connectivity index (χ0) is 4.12. The summed E-state index contributed by atoms with van der Waals surface area (Å²) in [6, 6.07) is 0. The van der Waals surface area contributed by atoms with Gasteiger partial charge < -0.3 is 0 Å². The van der Waals surface area contributed by atoms with Gasteiger partial charge in [0.25, 0.3) is 0 Å². The van der Waals surface area contributed by atoms with Gasteiger partial charge in [0, 0.05) is 26.2 Å². The molecular weight excluding hydrogens is 151 g/mol. The van der Waals surface area contributed by atoms with Crippen molar-refractivity contribution < 1.29 is 26.2 Å². The van der Waals surface area contributed by atoms with E-state index in [1.54, 1.807) is 18.2 Å². The van der Waals surface area contributed by atoms with Crippen LogP contribution in [0.4, 0.5) is 0 Å². The van der Waals surface area contributed by atoms with Gasteiger partial charge in [-0.15, -0.1) is 6.58 Å². The zero-order valence-electron chi connectivity index (χ0n) is 3.65. The molecule has 0 aliphatic heterocycles. The van der Waals surface area contributed by atoms with E-state index in [1.807, 2.05) is 0 Å². The molecule has 0 saturated heterocycles. The Morgan fingerprint density at radius 2 is 2.00 bits per heavy atom. The first-order chi connectivity index (χ1) is 2.41. The van der Waals surface area contributed by atoms with Crippen LogP contribution in [-0.2, 0) is 26.2 Å². The van der Waals surface area contributed by atoms with Crippen LogP contribution in [0.15, 0.2) is 24.8 Å². The van der Waals surface area contributed by atoms with Crippen molar-refractivity contribution in [1.82, 2.24) is 0 Å². The third-order valence-corrected chi connectivity index (χ3v) is 0.272. The fourth-order valence-corrected chi connectivity index (χ4v) is 0.0962. The summed E-state index contributed by atoms with van der Waals surface area (Å²) in [4.78, 5) is 0. The van der Waals surface area contributed by atoms with E-state index in [9.17, 15) is 0 Å². The Bertz CT molecular complexity index is 45.9. The molecule has 0 aliphatic rings. The Balaban J connectivity index is 0. The van der Waals surface area contributed by atoms with Crippen LogP contribution in [0.2, 0.25) is 0 Å². The molecule has 0 fully saturated rings. The van der Waals surface area contributed by atoms with Crippen LogP contribution < -0.4 is 0 Å². The minimum atomic E-state index is 0. The number of hydrogen-bond donors (Lipinski definition) is 0. The van der Waals surface area contributed by atoms with Gasteiger partial charge in [0.2, 0.25) is 0 Å². The molecule has 0 aromatic rings. The van der Waals surface area contributed by atoms with E-state index in [1.165, 1.54) is 0 Å². The van der Waals surface area contributed by atoms with Crippen molar-refractivity contribution in [3.63, 3.8) is 0 Å². The second-order valence-electron chi connectivity index (χ2n) is 0.664. The Hall–Kier alpha value is 0.233. The van der Waals surface area contributed by atoms with Crippen LogP contribution in [0, 0.1) is 6.92 Å². The summed E-state index contributed by atoms with van der Waals surface area (Å²) in [5.41, 5.74) is 0. The van der Waals surface area contributed by atoms with Crippen molar-refractivity contribution in [1.29, 1.82) is 0 Å². The maximum atomic E-state index is 3.42. The average Bonchev–Trinajstić information content (AvgIpc) is 1.41. The first kappa shape index (κ1) is 9.53. The molecule has 0 aromatic carbocycles. The Labute approximate surface area is 58.1 Å². The van der Waals surface area contributed by atoms with E-state index in [4.69, 9.17) is 0 Å². The van der Waals surface area contributed by atoms with E-state index < -0.39 is 0 Å². The van der Waals surface area contributed by atoms with Crippen LogP contribution in [0.3, 0.4) is 0 Å². The molecule has 0 bridgehead atoms. The van der Waals surface area contributed by atoms with E-state index in [-0.39, 0.29) is 26.2 Å². The van der Waals surface area contributed by atoms with E-state index >= 15 is 0 Å². The molecule has 0 amide bonds. The molecule has 0 aliphatic carbocycles. The molecule has 0 nitrogen and oxygen atoms in total. The van der Waals surface area contributed by atoms with Gasteiger partial charge in [0.05, 0.1) is 0 Å². The van der Waals surface area contributed by atoms with Crippen molar-refractivity contribution in [3.05, 3.63) is 31.7 Å². The van der Waals surface area contributed by atoms with E-state index in [0.29, 0.717) is 0 Å². The van der Waals surface area contributed by atoms with Crippen molar-refractivity contribution in [3.8, 4) is 0 Å². The quantitative estimate of drug-likeness (QED) is 0.401. The van der Waals surface area contributed by atoms with Crippen LogP contribution >= 0.6 is 0 Å². The molecule has 0 saturated carbocycles. The molecule has 1 heteroatoms. The molecule has 0 N–H and O–H groups in total. The first-order valence-electron chi connectivity index (χ1n) is 1.48. The number of hydrogen-bond acceptors (Lipinski definition) is 0. The third kappa shape index (κ3) is 8.87. The number of rotatable bonds is 1. The summed E-state index contributed by atoms with van der Waals surface area (Å²) < 4.78 is 0. The largest absolute Gasteiger partial charge is 0.245 e. The normalized spacial score (nSPS) is 7.33. The second kappa shape index (κ2) is 8.97. The third-order valence-electron chi connectivity index (χ3n) is 0.272. The summed E-state index contributed by atoms with van der Waals surface area (Å²) in [5, 5.41) is 0.